The zero-order valence-corrected chi connectivity index (χ0v) is 17.2. The Hall–Kier alpha value is -2.05. The van der Waals surface area contributed by atoms with Crippen molar-refractivity contribution in [3.05, 3.63) is 76.2 Å². The molecule has 0 saturated carbocycles. The molecule has 1 atom stereocenters. The van der Waals surface area contributed by atoms with E-state index in [0.29, 0.717) is 10.7 Å². The Kier molecular flexibility index (Phi) is 6.40. The highest BCUT2D eigenvalue weighted by Crippen LogP contribution is 2.34. The van der Waals surface area contributed by atoms with E-state index in [1.54, 1.807) is 6.07 Å². The van der Waals surface area contributed by atoms with Crippen LogP contribution in [0.3, 0.4) is 0 Å². The number of ether oxygens (including phenoxy) is 2. The number of aromatic nitrogens is 1. The number of hydrogen-bond donors (Lipinski definition) is 0. The maximum Gasteiger partial charge on any atom is 0.134 e. The fourth-order valence-corrected chi connectivity index (χ4v) is 4.00. The Morgan fingerprint density at radius 1 is 0.966 bits per heavy atom. The van der Waals surface area contributed by atoms with E-state index in [9.17, 15) is 4.39 Å². The number of pyridine rings is 1. The second kappa shape index (κ2) is 9.18. The summed E-state index contributed by atoms with van der Waals surface area (Å²) < 4.78 is 23.2. The summed E-state index contributed by atoms with van der Waals surface area (Å²) in [6.45, 7) is 7.08. The van der Waals surface area contributed by atoms with Crippen LogP contribution in [0, 0.1) is 5.82 Å². The van der Waals surface area contributed by atoms with Gasteiger partial charge in [-0.25, -0.2) is 9.37 Å². The zero-order chi connectivity index (χ0) is 20.2. The third kappa shape index (κ3) is 4.75. The number of hydrogen-bond acceptors (Lipinski definition) is 4. The average Bonchev–Trinajstić information content (AvgIpc) is 3.19. The fraction of sp³-hybridized carbons (Fsp3) is 0.348. The molecule has 1 aromatic heterocycles. The van der Waals surface area contributed by atoms with Crippen LogP contribution in [0.5, 0.6) is 0 Å². The Morgan fingerprint density at radius 3 is 2.17 bits per heavy atom. The van der Waals surface area contributed by atoms with Crippen molar-refractivity contribution in [2.45, 2.75) is 26.1 Å². The number of rotatable bonds is 2. The molecule has 3 aromatic rings. The van der Waals surface area contributed by atoms with Gasteiger partial charge in [-0.05, 0) is 36.2 Å². The monoisotopic (exact) mass is 414 g/mol. The highest BCUT2D eigenvalue weighted by Gasteiger charge is 2.25. The number of benzene rings is 2. The minimum absolute atomic E-state index is 0.150. The van der Waals surface area contributed by atoms with Gasteiger partial charge in [0.2, 0.25) is 0 Å². The van der Waals surface area contributed by atoms with Crippen LogP contribution in [0.1, 0.15) is 29.7 Å². The van der Waals surface area contributed by atoms with Gasteiger partial charge in [-0.3, -0.25) is 4.90 Å². The lowest BCUT2D eigenvalue weighted by Gasteiger charge is -2.25. The summed E-state index contributed by atoms with van der Waals surface area (Å²) >= 11 is 6.38. The Labute approximate surface area is 175 Å². The molecule has 6 heteroatoms. The first-order valence-corrected chi connectivity index (χ1v) is 10.2. The van der Waals surface area contributed by atoms with Crippen molar-refractivity contribution in [1.29, 1.82) is 0 Å². The van der Waals surface area contributed by atoms with Gasteiger partial charge in [-0.15, -0.1) is 0 Å². The molecule has 0 bridgehead atoms. The molecule has 0 N–H and O–H groups in total. The molecule has 1 saturated heterocycles. The molecule has 2 aromatic carbocycles. The van der Waals surface area contributed by atoms with Gasteiger partial charge in [0.1, 0.15) is 11.0 Å². The Balaban J connectivity index is 0.000000294. The van der Waals surface area contributed by atoms with Gasteiger partial charge >= 0.3 is 0 Å². The first-order valence-electron chi connectivity index (χ1n) is 9.84. The second-order valence-corrected chi connectivity index (χ2v) is 7.64. The predicted molar refractivity (Wildman–Crippen MR) is 112 cm³/mol. The van der Waals surface area contributed by atoms with Crippen molar-refractivity contribution in [2.24, 2.45) is 0 Å². The largest absolute Gasteiger partial charge is 0.377 e. The molecule has 1 fully saturated rings. The number of halogens is 2. The SMILES string of the molecule is C1COCCO1.C[C@@H](c1cc2ccc(F)cc2nc1Cl)N1Cc2ccccc2C1. The van der Waals surface area contributed by atoms with Gasteiger partial charge in [-0.1, -0.05) is 35.9 Å². The maximum absolute atomic E-state index is 13.3. The van der Waals surface area contributed by atoms with Crippen molar-refractivity contribution in [1.82, 2.24) is 9.88 Å². The summed E-state index contributed by atoms with van der Waals surface area (Å²) in [5.74, 6) is -0.295. The quantitative estimate of drug-likeness (QED) is 0.544. The molecule has 0 unspecified atom stereocenters. The maximum atomic E-state index is 13.3. The van der Waals surface area contributed by atoms with Gasteiger partial charge in [-0.2, -0.15) is 0 Å². The molecular formula is C23H24ClFN2O2. The summed E-state index contributed by atoms with van der Waals surface area (Å²) in [5, 5.41) is 1.36. The van der Waals surface area contributed by atoms with Crippen LogP contribution >= 0.6 is 11.6 Å². The normalized spacial score (nSPS) is 17.5. The summed E-state index contributed by atoms with van der Waals surface area (Å²) in [5.41, 5.74) is 4.31. The third-order valence-corrected chi connectivity index (χ3v) is 5.67. The standard InChI is InChI=1S/C19H16ClFN2.C4H8O2/c1-12(23-10-14-4-2-3-5-15(14)11-23)17-8-13-6-7-16(21)9-18(13)22-19(17)20;1-2-6-4-3-5-1/h2-9,12H,10-11H2,1H3;1-4H2/t12-;/m0./s1. The van der Waals surface area contributed by atoms with E-state index in [1.807, 2.05) is 6.07 Å². The number of nitrogens with zero attached hydrogens (tertiary/aromatic N) is 2. The van der Waals surface area contributed by atoms with Gasteiger partial charge in [0.05, 0.1) is 31.9 Å². The first kappa shape index (κ1) is 20.2. The van der Waals surface area contributed by atoms with Gasteiger partial charge in [0.25, 0.3) is 0 Å². The van der Waals surface area contributed by atoms with Crippen LogP contribution in [0.2, 0.25) is 5.15 Å². The van der Waals surface area contributed by atoms with Crippen molar-refractivity contribution in [3.63, 3.8) is 0 Å². The first-order chi connectivity index (χ1) is 14.1. The Bertz CT molecular complexity index is 957. The van der Waals surface area contributed by atoms with Crippen LogP contribution in [0.15, 0.2) is 48.5 Å². The molecule has 2 aliphatic heterocycles. The zero-order valence-electron chi connectivity index (χ0n) is 16.4. The summed E-state index contributed by atoms with van der Waals surface area (Å²) in [4.78, 5) is 6.75. The van der Waals surface area contributed by atoms with E-state index in [2.05, 4.69) is 41.1 Å². The Morgan fingerprint density at radius 2 is 1.59 bits per heavy atom. The lowest BCUT2D eigenvalue weighted by molar-refractivity contribution is -0.0334. The van der Waals surface area contributed by atoms with Crippen LogP contribution < -0.4 is 0 Å². The van der Waals surface area contributed by atoms with Crippen molar-refractivity contribution < 1.29 is 13.9 Å². The molecule has 4 nitrogen and oxygen atoms in total. The lowest BCUT2D eigenvalue weighted by atomic mass is 10.1. The highest BCUT2D eigenvalue weighted by molar-refractivity contribution is 6.30. The summed E-state index contributed by atoms with van der Waals surface area (Å²) in [6, 6.07) is 15.3. The van der Waals surface area contributed by atoms with Crippen molar-refractivity contribution in [3.8, 4) is 0 Å². The lowest BCUT2D eigenvalue weighted by Crippen LogP contribution is -2.21. The van der Waals surface area contributed by atoms with Gasteiger partial charge < -0.3 is 9.47 Å². The highest BCUT2D eigenvalue weighted by atomic mass is 35.5. The van der Waals surface area contributed by atoms with Crippen molar-refractivity contribution >= 4 is 22.5 Å². The summed E-state index contributed by atoms with van der Waals surface area (Å²) in [7, 11) is 0. The molecule has 0 spiro atoms. The van der Waals surface area contributed by atoms with Gasteiger partial charge in [0.15, 0.2) is 0 Å². The van der Waals surface area contributed by atoms with E-state index < -0.39 is 0 Å². The molecule has 3 heterocycles. The molecule has 0 radical (unpaired) electrons. The van der Waals surface area contributed by atoms with E-state index in [-0.39, 0.29) is 11.9 Å². The van der Waals surface area contributed by atoms with Gasteiger partial charge in [0, 0.05) is 36.1 Å². The number of fused-ring (bicyclic) bond motifs is 2. The molecule has 29 heavy (non-hydrogen) atoms. The van der Waals surface area contributed by atoms with Crippen LogP contribution in [0.4, 0.5) is 4.39 Å². The molecule has 5 rings (SSSR count). The molecule has 2 aliphatic rings. The molecule has 152 valence electrons. The second-order valence-electron chi connectivity index (χ2n) is 7.28. The van der Waals surface area contributed by atoms with E-state index >= 15 is 0 Å². The average molecular weight is 415 g/mol. The van der Waals surface area contributed by atoms with E-state index in [1.165, 1.54) is 23.3 Å². The topological polar surface area (TPSA) is 34.6 Å². The summed E-state index contributed by atoms with van der Waals surface area (Å²) in [6.07, 6.45) is 0. The predicted octanol–water partition coefficient (Wildman–Crippen LogP) is 5.14. The molecular weight excluding hydrogens is 391 g/mol. The minimum Gasteiger partial charge on any atom is -0.377 e. The van der Waals surface area contributed by atoms with E-state index in [0.717, 1.165) is 50.5 Å². The van der Waals surface area contributed by atoms with Crippen LogP contribution in [-0.2, 0) is 22.6 Å². The van der Waals surface area contributed by atoms with Crippen LogP contribution in [-0.4, -0.2) is 36.3 Å². The fourth-order valence-electron chi connectivity index (χ4n) is 3.70. The van der Waals surface area contributed by atoms with Crippen LogP contribution in [0.25, 0.3) is 10.9 Å². The molecule has 0 amide bonds. The minimum atomic E-state index is -0.295. The van der Waals surface area contributed by atoms with Crippen molar-refractivity contribution in [2.75, 3.05) is 26.4 Å². The smallest absolute Gasteiger partial charge is 0.134 e. The molecule has 0 aliphatic carbocycles. The van der Waals surface area contributed by atoms with E-state index in [4.69, 9.17) is 21.1 Å². The third-order valence-electron chi connectivity index (χ3n) is 5.37.